The van der Waals surface area contributed by atoms with Gasteiger partial charge >= 0.3 is 30.2 Å². The van der Waals surface area contributed by atoms with Crippen LogP contribution in [0.3, 0.4) is 0 Å². The summed E-state index contributed by atoms with van der Waals surface area (Å²) < 4.78 is 109. The average Bonchev–Trinajstić information content (AvgIpc) is 4.36. The van der Waals surface area contributed by atoms with Crippen LogP contribution in [-0.2, 0) is 36.3 Å². The van der Waals surface area contributed by atoms with E-state index in [1.807, 2.05) is 34.6 Å². The van der Waals surface area contributed by atoms with Crippen LogP contribution >= 0.6 is 39.1 Å². The van der Waals surface area contributed by atoms with Crippen molar-refractivity contribution in [1.82, 2.24) is 14.9 Å². The number of quaternary nitrogens is 1. The highest BCUT2D eigenvalue weighted by atomic mass is 79.9. The Morgan fingerprint density at radius 2 is 1.04 bits per heavy atom. The molecule has 0 bridgehead atoms. The number of hydrogen-bond donors (Lipinski definition) is 1. The first-order valence-electron chi connectivity index (χ1n) is 25.1. The molecule has 14 nitrogen and oxygen atoms in total. The monoisotopic (exact) mass is 1260 g/mol. The van der Waals surface area contributed by atoms with Gasteiger partial charge in [-0.1, -0.05) is 103 Å². The van der Waals surface area contributed by atoms with Crippen LogP contribution in [0.1, 0.15) is 83.9 Å². The van der Waals surface area contributed by atoms with Crippen LogP contribution in [0.25, 0.3) is 45.1 Å². The number of esters is 1. The maximum atomic E-state index is 13.6. The lowest BCUT2D eigenvalue weighted by atomic mass is 10.1. The second-order valence-electron chi connectivity index (χ2n) is 17.6. The molecule has 2 aromatic heterocycles. The lowest BCUT2D eigenvalue weighted by molar-refractivity contribution is -0.849. The molecule has 0 saturated heterocycles. The Kier molecular flexibility index (Phi) is 24.8. The number of aliphatic carboxylic acids is 1. The highest BCUT2D eigenvalue weighted by Crippen LogP contribution is 2.40. The van der Waals surface area contributed by atoms with Crippen molar-refractivity contribution in [3.8, 4) is 34.4 Å². The smallest absolute Gasteiger partial charge is 0.416 e. The number of amides is 2. The van der Waals surface area contributed by atoms with Gasteiger partial charge in [-0.2, -0.15) is 26.3 Å². The number of carbonyl (C=O) groups is 4. The fraction of sp³-hybridized carbons (Fsp3) is 0.300. The molecule has 0 aliphatic rings. The summed E-state index contributed by atoms with van der Waals surface area (Å²) in [6, 6.07) is 31.0. The number of alkyl halides is 7. The first kappa shape index (κ1) is 68.0. The van der Waals surface area contributed by atoms with Gasteiger partial charge in [-0.05, 0) is 120 Å². The molecule has 2 unspecified atom stereocenters. The molecular formula is C60H62BrCl2F6N4O10+. The molecule has 1 N–H and O–H groups in total. The fourth-order valence-corrected chi connectivity index (χ4v) is 8.95. The van der Waals surface area contributed by atoms with E-state index in [1.165, 1.54) is 54.6 Å². The second-order valence-corrected chi connectivity index (χ2v) is 19.1. The van der Waals surface area contributed by atoms with Crippen LogP contribution in [0.4, 0.5) is 26.3 Å². The van der Waals surface area contributed by atoms with Crippen molar-refractivity contribution >= 4 is 85.1 Å². The van der Waals surface area contributed by atoms with Gasteiger partial charge in [-0.3, -0.25) is 9.28 Å². The van der Waals surface area contributed by atoms with E-state index in [2.05, 4.69) is 25.9 Å². The molecule has 2 heterocycles. The van der Waals surface area contributed by atoms with Crippen LogP contribution < -0.4 is 9.47 Å². The van der Waals surface area contributed by atoms with E-state index >= 15 is 0 Å². The average molecular weight is 1260 g/mol. The highest BCUT2D eigenvalue weighted by Gasteiger charge is 2.37. The van der Waals surface area contributed by atoms with Gasteiger partial charge in [0.1, 0.15) is 22.5 Å². The molecular weight excluding hydrogens is 1200 g/mol. The van der Waals surface area contributed by atoms with Gasteiger partial charge in [0.15, 0.2) is 11.2 Å². The molecule has 0 saturated carbocycles. The van der Waals surface area contributed by atoms with Gasteiger partial charge in [-0.25, -0.2) is 24.4 Å². The molecule has 6 aromatic carbocycles. The molecule has 0 fully saturated rings. The number of carboxylic acid groups (broad SMARTS) is 1. The predicted molar refractivity (Wildman–Crippen MR) is 309 cm³/mol. The van der Waals surface area contributed by atoms with Crippen molar-refractivity contribution in [1.29, 1.82) is 0 Å². The molecule has 0 spiro atoms. The lowest BCUT2D eigenvalue weighted by Gasteiger charge is -2.32. The van der Waals surface area contributed by atoms with Crippen molar-refractivity contribution in [2.45, 2.75) is 74.0 Å². The molecule has 2 atom stereocenters. The number of carboxylic acids is 1. The zero-order chi connectivity index (χ0) is 59.2. The summed E-state index contributed by atoms with van der Waals surface area (Å²) in [6.45, 7) is 12.1. The number of para-hydroxylation sites is 4. The number of fused-ring (bicyclic) bond motifs is 2. The quantitative estimate of drug-likeness (QED) is 0.0374. The van der Waals surface area contributed by atoms with Gasteiger partial charge in [0.25, 0.3) is 0 Å². The van der Waals surface area contributed by atoms with E-state index in [4.69, 9.17) is 46.2 Å². The molecule has 23 heteroatoms. The second kappa shape index (κ2) is 30.2. The third-order valence-corrected chi connectivity index (χ3v) is 13.8. The number of nitrogens with zero attached hydrogens (tertiary/aromatic N) is 4. The van der Waals surface area contributed by atoms with Crippen LogP contribution in [0.5, 0.6) is 11.5 Å². The summed E-state index contributed by atoms with van der Waals surface area (Å²) >= 11 is 15.4. The molecule has 2 amide bonds. The number of benzene rings is 6. The topological polar surface area (TPSA) is 171 Å². The third kappa shape index (κ3) is 17.3. The van der Waals surface area contributed by atoms with Crippen molar-refractivity contribution in [3.05, 3.63) is 166 Å². The van der Waals surface area contributed by atoms with E-state index in [0.29, 0.717) is 57.2 Å². The summed E-state index contributed by atoms with van der Waals surface area (Å²) in [7, 11) is 0. The first-order chi connectivity index (χ1) is 38.5. The van der Waals surface area contributed by atoms with Gasteiger partial charge in [0, 0.05) is 34.3 Å². The largest absolute Gasteiger partial charge is 0.478 e. The summed E-state index contributed by atoms with van der Waals surface area (Å²) in [5.74, 6) is -2.28. The zero-order valence-electron chi connectivity index (χ0n) is 44.1. The molecule has 0 aliphatic heterocycles. The van der Waals surface area contributed by atoms with E-state index in [-0.39, 0.29) is 76.7 Å². The van der Waals surface area contributed by atoms with Crippen molar-refractivity contribution in [2.24, 2.45) is 0 Å². The Labute approximate surface area is 494 Å². The zero-order valence-corrected chi connectivity index (χ0v) is 47.2. The van der Waals surface area contributed by atoms with Gasteiger partial charge in [-0.15, -0.1) is 0 Å². The predicted octanol–water partition coefficient (Wildman–Crippen LogP) is 16.1. The summed E-state index contributed by atoms with van der Waals surface area (Å²) in [5, 5.41) is 10.7. The number of carbonyl (C=O) groups excluding carboxylic acids is 3. The van der Waals surface area contributed by atoms with Gasteiger partial charge in [0.2, 0.25) is 36.5 Å². The number of halogens is 9. The summed E-state index contributed by atoms with van der Waals surface area (Å²) in [5.41, 5.74) is 0.424. The number of rotatable bonds is 18. The minimum Gasteiger partial charge on any atom is -0.478 e. The minimum absolute atomic E-state index is 0. The lowest BCUT2D eigenvalue weighted by Crippen LogP contribution is -2.54. The normalized spacial score (nSPS) is 12.0. The van der Waals surface area contributed by atoms with E-state index in [0.717, 1.165) is 43.4 Å². The SMILES string of the molecule is C.C.CCN(CC)C(=O)CBr.CC[N+](CC)(CC)C(=O)COC(=O)C(Oc1ccc(Cl)cc1-c1nc2ccccc2o1)c1cccc(C(F)(F)F)c1.O=C(O)C(Oc1ccc(Cl)cc1-c1nc2ccccc2o1)c1cccc(C(F)(F)F)c1. The molecule has 8 aromatic rings. The third-order valence-electron chi connectivity index (χ3n) is 12.8. The number of hydrogen-bond acceptors (Lipinski definition) is 11. The first-order valence-corrected chi connectivity index (χ1v) is 27.0. The van der Waals surface area contributed by atoms with Crippen LogP contribution in [-0.4, -0.2) is 92.9 Å². The Morgan fingerprint density at radius 1 is 0.614 bits per heavy atom. The van der Waals surface area contributed by atoms with E-state index in [9.17, 15) is 50.6 Å². The Hall–Kier alpha value is -7.46. The summed E-state index contributed by atoms with van der Waals surface area (Å²) in [4.78, 5) is 59.7. The maximum absolute atomic E-state index is 13.6. The molecule has 0 radical (unpaired) electrons. The van der Waals surface area contributed by atoms with Crippen molar-refractivity contribution in [3.63, 3.8) is 0 Å². The van der Waals surface area contributed by atoms with Crippen LogP contribution in [0.2, 0.25) is 10.0 Å². The number of oxazole rings is 2. The standard InChI is InChI=1S/C30H29ClF3N2O5.C22H13ClF3NO4.C6H12BrNO.2CH4/c1-4-36(5-2,6-3)26(37)18-39-29(38)27(19-10-9-11-20(16-19)30(32,33)34)40-24-15-14-21(31)17-22(24)28-35-23-12-7-8-13-25(23)41-28;23-14-8-9-17(15(11-14)20-27-16-6-1-2-7-18(16)31-20)30-19(21(28)29)12-4-3-5-13(10-12)22(24,25)26;1-3-8(4-2)6(9)5-7;;/h7-17,27H,4-6,18H2,1-3H3;1-11,19H,(H,28,29);3-5H2,1-2H3;2*1H4/q+1;;;;. The van der Waals surface area contributed by atoms with Crippen LogP contribution in [0, 0.1) is 0 Å². The fourth-order valence-electron chi connectivity index (χ4n) is 8.25. The molecule has 444 valence electrons. The number of ether oxygens (including phenoxy) is 3. The highest BCUT2D eigenvalue weighted by molar-refractivity contribution is 9.09. The minimum atomic E-state index is -4.66. The van der Waals surface area contributed by atoms with Crippen LogP contribution in [0.15, 0.2) is 142 Å². The molecule has 83 heavy (non-hydrogen) atoms. The van der Waals surface area contributed by atoms with Gasteiger partial charge in [0.05, 0.1) is 47.2 Å². The number of aromatic nitrogens is 2. The van der Waals surface area contributed by atoms with E-state index < -0.39 is 54.2 Å². The summed E-state index contributed by atoms with van der Waals surface area (Å²) in [6.07, 6.45) is -12.6. The Balaban J connectivity index is 0.000000311. The van der Waals surface area contributed by atoms with Gasteiger partial charge < -0.3 is 33.1 Å². The van der Waals surface area contributed by atoms with Crippen molar-refractivity contribution in [2.75, 3.05) is 44.7 Å². The number of likely N-dealkylation sites (N-methyl/N-ethyl adjacent to an activating group) is 1. The molecule has 8 rings (SSSR count). The maximum Gasteiger partial charge on any atom is 0.416 e. The van der Waals surface area contributed by atoms with Crippen molar-refractivity contribution < 1.29 is 78.2 Å². The Bertz CT molecular complexity index is 3400. The molecule has 0 aliphatic carbocycles. The Morgan fingerprint density at radius 3 is 1.41 bits per heavy atom. The van der Waals surface area contributed by atoms with E-state index in [1.54, 1.807) is 53.4 Å².